The Morgan fingerprint density at radius 1 is 1.00 bits per heavy atom. The first-order valence-corrected chi connectivity index (χ1v) is 9.99. The van der Waals surface area contributed by atoms with E-state index in [1.165, 1.54) is 10.9 Å². The standard InChI is InChI=1S/C20H25F3N2OS/c1-19(26,16-4-2-5-17(14-16)20(21,22)23)15-25-11-9-24(10-12-25)8-7-18-6-3-13-27-18/h2-6,13-14,26H,7-12,15H2,1H3/t19-/m0/s1. The number of alkyl halides is 3. The van der Waals surface area contributed by atoms with Crippen LogP contribution in [0.25, 0.3) is 0 Å². The lowest BCUT2D eigenvalue weighted by Crippen LogP contribution is -2.50. The lowest BCUT2D eigenvalue weighted by molar-refractivity contribution is -0.137. The molecule has 0 bridgehead atoms. The fraction of sp³-hybridized carbons (Fsp3) is 0.500. The normalized spacial score (nSPS) is 19.1. The van der Waals surface area contributed by atoms with Crippen LogP contribution in [0.15, 0.2) is 41.8 Å². The Labute approximate surface area is 162 Å². The van der Waals surface area contributed by atoms with Gasteiger partial charge in [0, 0.05) is 44.1 Å². The highest BCUT2D eigenvalue weighted by atomic mass is 32.1. The highest BCUT2D eigenvalue weighted by Crippen LogP contribution is 2.32. The zero-order valence-electron chi connectivity index (χ0n) is 15.4. The van der Waals surface area contributed by atoms with Crippen LogP contribution in [0, 0.1) is 0 Å². The van der Waals surface area contributed by atoms with E-state index < -0.39 is 17.3 Å². The number of benzene rings is 1. The molecule has 0 spiro atoms. The molecule has 1 aromatic heterocycles. The maximum absolute atomic E-state index is 12.9. The summed E-state index contributed by atoms with van der Waals surface area (Å²) in [6, 6.07) is 9.21. The zero-order chi connectivity index (χ0) is 19.5. The molecular formula is C20H25F3N2OS. The van der Waals surface area contributed by atoms with Gasteiger partial charge in [-0.2, -0.15) is 13.2 Å². The molecule has 0 amide bonds. The van der Waals surface area contributed by atoms with E-state index in [1.807, 2.05) is 0 Å². The van der Waals surface area contributed by atoms with Crippen LogP contribution in [0.4, 0.5) is 13.2 Å². The summed E-state index contributed by atoms with van der Waals surface area (Å²) in [5.41, 5.74) is -1.74. The number of hydrogen-bond donors (Lipinski definition) is 1. The first-order chi connectivity index (χ1) is 12.7. The Morgan fingerprint density at radius 2 is 1.67 bits per heavy atom. The molecule has 1 saturated heterocycles. The average Bonchev–Trinajstić information content (AvgIpc) is 3.14. The van der Waals surface area contributed by atoms with Crippen LogP contribution >= 0.6 is 11.3 Å². The maximum Gasteiger partial charge on any atom is 0.416 e. The molecule has 2 aromatic rings. The lowest BCUT2D eigenvalue weighted by atomic mass is 9.93. The minimum Gasteiger partial charge on any atom is -0.384 e. The van der Waals surface area contributed by atoms with Gasteiger partial charge in [-0.25, -0.2) is 0 Å². The third kappa shape index (κ3) is 5.54. The minimum absolute atomic E-state index is 0.303. The van der Waals surface area contributed by atoms with Crippen molar-refractivity contribution in [2.75, 3.05) is 39.3 Å². The molecule has 3 nitrogen and oxygen atoms in total. The van der Waals surface area contributed by atoms with E-state index in [1.54, 1.807) is 24.3 Å². The summed E-state index contributed by atoms with van der Waals surface area (Å²) in [6.45, 7) is 6.35. The van der Waals surface area contributed by atoms with Crippen molar-refractivity contribution in [2.45, 2.75) is 25.1 Å². The number of rotatable bonds is 6. The van der Waals surface area contributed by atoms with Crippen molar-refractivity contribution in [3.05, 3.63) is 57.8 Å². The van der Waals surface area contributed by atoms with Gasteiger partial charge < -0.3 is 10.0 Å². The molecular weight excluding hydrogens is 373 g/mol. The Morgan fingerprint density at radius 3 is 2.30 bits per heavy atom. The van der Waals surface area contributed by atoms with Gasteiger partial charge in [0.05, 0.1) is 11.2 Å². The summed E-state index contributed by atoms with van der Waals surface area (Å²) in [6.07, 6.45) is -3.36. The first kappa shape index (κ1) is 20.3. The summed E-state index contributed by atoms with van der Waals surface area (Å²) in [4.78, 5) is 5.90. The van der Waals surface area contributed by atoms with Crippen molar-refractivity contribution >= 4 is 11.3 Å². The second-order valence-electron chi connectivity index (χ2n) is 7.30. The van der Waals surface area contributed by atoms with Gasteiger partial charge in [0.2, 0.25) is 0 Å². The molecule has 148 valence electrons. The number of β-amino-alcohol motifs (C(OH)–C–C–N with tert-alkyl or cyclic N) is 1. The molecule has 1 aromatic carbocycles. The smallest absolute Gasteiger partial charge is 0.384 e. The number of thiophene rings is 1. The summed E-state index contributed by atoms with van der Waals surface area (Å²) >= 11 is 1.77. The minimum atomic E-state index is -4.40. The predicted octanol–water partition coefficient (Wildman–Crippen LogP) is 3.83. The summed E-state index contributed by atoms with van der Waals surface area (Å²) in [7, 11) is 0. The van der Waals surface area contributed by atoms with Crippen molar-refractivity contribution in [1.82, 2.24) is 9.80 Å². The number of nitrogens with zero attached hydrogens (tertiary/aromatic N) is 2. The van der Waals surface area contributed by atoms with Crippen molar-refractivity contribution in [3.63, 3.8) is 0 Å². The van der Waals surface area contributed by atoms with Gasteiger partial charge in [0.15, 0.2) is 0 Å². The van der Waals surface area contributed by atoms with Crippen LogP contribution in [0.2, 0.25) is 0 Å². The molecule has 0 radical (unpaired) electrons. The van der Waals surface area contributed by atoms with Crippen LogP contribution in [0.1, 0.15) is 22.9 Å². The molecule has 27 heavy (non-hydrogen) atoms. The van der Waals surface area contributed by atoms with Crippen molar-refractivity contribution in [3.8, 4) is 0 Å². The number of aliphatic hydroxyl groups is 1. The average molecular weight is 398 g/mol. The molecule has 3 rings (SSSR count). The number of hydrogen-bond acceptors (Lipinski definition) is 4. The van der Waals surface area contributed by atoms with Crippen LogP contribution in [-0.2, 0) is 18.2 Å². The number of piperazine rings is 1. The second kappa shape index (κ2) is 8.31. The lowest BCUT2D eigenvalue weighted by Gasteiger charge is -2.38. The predicted molar refractivity (Wildman–Crippen MR) is 102 cm³/mol. The van der Waals surface area contributed by atoms with Crippen LogP contribution < -0.4 is 0 Å². The van der Waals surface area contributed by atoms with Gasteiger partial charge in [-0.15, -0.1) is 11.3 Å². The molecule has 1 aliphatic heterocycles. The maximum atomic E-state index is 12.9. The van der Waals surface area contributed by atoms with Crippen LogP contribution in [0.3, 0.4) is 0 Å². The molecule has 7 heteroatoms. The molecule has 1 N–H and O–H groups in total. The molecule has 1 atom stereocenters. The third-order valence-electron chi connectivity index (χ3n) is 5.06. The quantitative estimate of drug-likeness (QED) is 0.801. The Kier molecular flexibility index (Phi) is 6.25. The van der Waals surface area contributed by atoms with E-state index >= 15 is 0 Å². The van der Waals surface area contributed by atoms with Gasteiger partial charge in [0.1, 0.15) is 0 Å². The molecule has 0 aliphatic carbocycles. The Bertz CT molecular complexity index is 723. The summed E-state index contributed by atoms with van der Waals surface area (Å²) in [5, 5.41) is 12.9. The van der Waals surface area contributed by atoms with Crippen molar-refractivity contribution in [1.29, 1.82) is 0 Å². The van der Waals surface area contributed by atoms with Crippen LogP contribution in [0.5, 0.6) is 0 Å². The summed E-state index contributed by atoms with van der Waals surface area (Å²) in [5.74, 6) is 0. The van der Waals surface area contributed by atoms with Gasteiger partial charge in [-0.1, -0.05) is 18.2 Å². The molecule has 1 fully saturated rings. The fourth-order valence-corrected chi connectivity index (χ4v) is 4.15. The fourth-order valence-electron chi connectivity index (χ4n) is 3.45. The molecule has 2 heterocycles. The third-order valence-corrected chi connectivity index (χ3v) is 6.00. The van der Waals surface area contributed by atoms with Gasteiger partial charge in [0.25, 0.3) is 0 Å². The van der Waals surface area contributed by atoms with Gasteiger partial charge in [-0.05, 0) is 42.5 Å². The Balaban J connectivity index is 1.53. The van der Waals surface area contributed by atoms with E-state index in [4.69, 9.17) is 0 Å². The second-order valence-corrected chi connectivity index (χ2v) is 8.33. The van der Waals surface area contributed by atoms with E-state index in [0.717, 1.165) is 51.3 Å². The SMILES string of the molecule is C[C@](O)(CN1CCN(CCc2cccs2)CC1)c1cccc(C(F)(F)F)c1. The molecule has 0 unspecified atom stereocenters. The summed E-state index contributed by atoms with van der Waals surface area (Å²) < 4.78 is 38.8. The molecule has 0 saturated carbocycles. The first-order valence-electron chi connectivity index (χ1n) is 9.11. The highest BCUT2D eigenvalue weighted by Gasteiger charge is 2.34. The monoisotopic (exact) mass is 398 g/mol. The zero-order valence-corrected chi connectivity index (χ0v) is 16.2. The van der Waals surface area contributed by atoms with Crippen molar-refractivity contribution in [2.24, 2.45) is 0 Å². The van der Waals surface area contributed by atoms with Crippen molar-refractivity contribution < 1.29 is 18.3 Å². The largest absolute Gasteiger partial charge is 0.416 e. The van der Waals surface area contributed by atoms with E-state index in [-0.39, 0.29) is 0 Å². The molecule has 1 aliphatic rings. The number of halogens is 3. The topological polar surface area (TPSA) is 26.7 Å². The van der Waals surface area contributed by atoms with Gasteiger partial charge in [-0.3, -0.25) is 4.90 Å². The van der Waals surface area contributed by atoms with Gasteiger partial charge >= 0.3 is 6.18 Å². The van der Waals surface area contributed by atoms with E-state index in [0.29, 0.717) is 12.1 Å². The van der Waals surface area contributed by atoms with E-state index in [2.05, 4.69) is 27.3 Å². The Hall–Kier alpha value is -1.41. The highest BCUT2D eigenvalue weighted by molar-refractivity contribution is 7.09. The van der Waals surface area contributed by atoms with E-state index in [9.17, 15) is 18.3 Å². The van der Waals surface area contributed by atoms with Crippen LogP contribution in [-0.4, -0.2) is 54.2 Å².